The van der Waals surface area contributed by atoms with Crippen LogP contribution in [0.15, 0.2) is 85.1 Å². The van der Waals surface area contributed by atoms with Crippen LogP contribution < -0.4 is 4.74 Å². The van der Waals surface area contributed by atoms with Crippen molar-refractivity contribution in [3.63, 3.8) is 0 Å². The molecule has 0 saturated carbocycles. The van der Waals surface area contributed by atoms with Gasteiger partial charge in [0.2, 0.25) is 0 Å². The smallest absolute Gasteiger partial charge is 0.509 e. The van der Waals surface area contributed by atoms with Crippen molar-refractivity contribution in [3.8, 4) is 34.1 Å². The summed E-state index contributed by atoms with van der Waals surface area (Å²) in [5, 5.41) is 7.46. The Labute approximate surface area is 316 Å². The van der Waals surface area contributed by atoms with E-state index in [1.165, 1.54) is 39.1 Å². The van der Waals surface area contributed by atoms with E-state index < -0.39 is 0 Å². The largest absolute Gasteiger partial charge is 2.00 e. The Balaban J connectivity index is 0.00000448. The number of aryl methyl sites for hydroxylation is 4. The summed E-state index contributed by atoms with van der Waals surface area (Å²) in [6.45, 7) is 15.4. The van der Waals surface area contributed by atoms with E-state index in [2.05, 4.69) is 143 Å². The Morgan fingerprint density at radius 2 is 1.55 bits per heavy atom. The fourth-order valence-electron chi connectivity index (χ4n) is 7.25. The Morgan fingerprint density at radius 3 is 2.29 bits per heavy atom. The Hall–Kier alpha value is -4.50. The molecule has 51 heavy (non-hydrogen) atoms. The van der Waals surface area contributed by atoms with Crippen LogP contribution in [0.1, 0.15) is 86.5 Å². The van der Waals surface area contributed by atoms with E-state index in [-0.39, 0.29) is 26.3 Å². The predicted octanol–water partition coefficient (Wildman–Crippen LogP) is 11.8. The average Bonchev–Trinajstić information content (AvgIpc) is 3.61. The first-order valence-electron chi connectivity index (χ1n) is 18.1. The molecular formula is C45H46N4OPd. The van der Waals surface area contributed by atoms with Crippen molar-refractivity contribution in [2.45, 2.75) is 86.5 Å². The van der Waals surface area contributed by atoms with E-state index in [4.69, 9.17) is 14.8 Å². The molecule has 5 nitrogen and oxygen atoms in total. The summed E-state index contributed by atoms with van der Waals surface area (Å²) in [4.78, 5) is 4.81. The van der Waals surface area contributed by atoms with Gasteiger partial charge in [-0.1, -0.05) is 82.5 Å². The number of aromatic nitrogens is 4. The monoisotopic (exact) mass is 764 g/mol. The number of unbranched alkanes of at least 4 members (excludes halogenated alkanes) is 1. The number of nitrogens with zero attached hydrogens (tertiary/aromatic N) is 4. The molecule has 4 aromatic carbocycles. The second-order valence-corrected chi connectivity index (χ2v) is 13.8. The van der Waals surface area contributed by atoms with Gasteiger partial charge in [0.1, 0.15) is 5.82 Å². The van der Waals surface area contributed by atoms with Gasteiger partial charge in [-0.2, -0.15) is 11.2 Å². The number of hydrogen-bond donors (Lipinski definition) is 0. The standard InChI is InChI=1S/C45H46N4O.Pd/c1-8-10-18-41-45(44-30(5)15-13-16-31(44)6)32(7)47-49(41)35-25-34(29(3)4)26-37(27-35)50-36-20-21-39-38-17-11-12-19-40(38)48(42(39)28-36)43-24-33(14-9-2)22-23-46-43;/h11-13,15-17,19-26,29H,8-10,14,18H2,1-7H3;/q-2;+2. The van der Waals surface area contributed by atoms with E-state index in [0.29, 0.717) is 11.5 Å². The van der Waals surface area contributed by atoms with E-state index in [1.807, 2.05) is 12.3 Å². The normalized spacial score (nSPS) is 11.5. The fraction of sp³-hybridized carbons (Fsp3) is 0.289. The van der Waals surface area contributed by atoms with Crippen LogP contribution in [0.3, 0.4) is 0 Å². The summed E-state index contributed by atoms with van der Waals surface area (Å²) in [5.41, 5.74) is 12.7. The van der Waals surface area contributed by atoms with Gasteiger partial charge in [0.05, 0.1) is 5.69 Å². The van der Waals surface area contributed by atoms with Crippen molar-refractivity contribution >= 4 is 21.8 Å². The van der Waals surface area contributed by atoms with Crippen LogP contribution in [0, 0.1) is 32.9 Å². The molecule has 0 N–H and O–H groups in total. The van der Waals surface area contributed by atoms with E-state index in [9.17, 15) is 0 Å². The van der Waals surface area contributed by atoms with Crippen molar-refractivity contribution in [2.24, 2.45) is 0 Å². The van der Waals surface area contributed by atoms with Crippen LogP contribution in [0.25, 0.3) is 44.4 Å². The van der Waals surface area contributed by atoms with Crippen molar-refractivity contribution in [2.75, 3.05) is 0 Å². The minimum Gasteiger partial charge on any atom is -0.509 e. The molecule has 0 atom stereocenters. The molecule has 262 valence electrons. The molecule has 7 rings (SSSR count). The third kappa shape index (κ3) is 7.05. The fourth-order valence-corrected chi connectivity index (χ4v) is 7.25. The van der Waals surface area contributed by atoms with Gasteiger partial charge in [-0.3, -0.25) is 4.68 Å². The summed E-state index contributed by atoms with van der Waals surface area (Å²) in [5.74, 6) is 2.46. The number of pyridine rings is 1. The first-order valence-corrected chi connectivity index (χ1v) is 18.1. The number of para-hydroxylation sites is 1. The molecule has 6 heteroatoms. The molecule has 0 saturated heterocycles. The summed E-state index contributed by atoms with van der Waals surface area (Å²) >= 11 is 0. The van der Waals surface area contributed by atoms with E-state index in [1.54, 1.807) is 0 Å². The molecule has 0 spiro atoms. The molecule has 0 unspecified atom stereocenters. The number of fused-ring (bicyclic) bond motifs is 3. The minimum atomic E-state index is 0. The number of rotatable bonds is 11. The molecule has 0 radical (unpaired) electrons. The first-order chi connectivity index (χ1) is 24.3. The molecular weight excluding hydrogens is 719 g/mol. The van der Waals surface area contributed by atoms with Crippen LogP contribution in [-0.4, -0.2) is 19.3 Å². The van der Waals surface area contributed by atoms with Crippen LogP contribution in [0.2, 0.25) is 0 Å². The molecule has 0 aliphatic carbocycles. The van der Waals surface area contributed by atoms with E-state index >= 15 is 0 Å². The molecule has 3 heterocycles. The van der Waals surface area contributed by atoms with Crippen molar-refractivity contribution in [1.82, 2.24) is 19.3 Å². The SMILES string of the molecule is CCCCc1c(-c2c(C)cccc2C)c(C)nn1-c1[c-]c(Oc2[c-]c3c(cc2)c2ccccc2n3-c2cc(CCC)ccn2)cc(C(C)C)c1.[Pd+2]. The molecule has 0 bridgehead atoms. The second-order valence-electron chi connectivity index (χ2n) is 13.8. The molecule has 0 aliphatic heterocycles. The van der Waals surface area contributed by atoms with Gasteiger partial charge in [0.25, 0.3) is 0 Å². The van der Waals surface area contributed by atoms with Gasteiger partial charge in [-0.05, 0) is 97.5 Å². The third-order valence-corrected chi connectivity index (χ3v) is 9.76. The van der Waals surface area contributed by atoms with Crippen molar-refractivity contribution < 1.29 is 25.2 Å². The molecule has 0 fully saturated rings. The number of benzene rings is 4. The number of hydrogen-bond acceptors (Lipinski definition) is 3. The van der Waals surface area contributed by atoms with E-state index in [0.717, 1.165) is 71.1 Å². The van der Waals surface area contributed by atoms with Crippen molar-refractivity contribution in [1.29, 1.82) is 0 Å². The van der Waals surface area contributed by atoms with Crippen LogP contribution in [-0.2, 0) is 33.3 Å². The average molecular weight is 765 g/mol. The Morgan fingerprint density at radius 1 is 0.765 bits per heavy atom. The third-order valence-electron chi connectivity index (χ3n) is 9.76. The quantitative estimate of drug-likeness (QED) is 0.0973. The van der Waals surface area contributed by atoms with Crippen LogP contribution in [0.5, 0.6) is 11.5 Å². The van der Waals surface area contributed by atoms with Gasteiger partial charge in [-0.15, -0.1) is 41.3 Å². The second kappa shape index (κ2) is 15.4. The van der Waals surface area contributed by atoms with Gasteiger partial charge in [0.15, 0.2) is 0 Å². The zero-order chi connectivity index (χ0) is 34.9. The first kappa shape index (κ1) is 36.3. The van der Waals surface area contributed by atoms with Crippen LogP contribution in [0.4, 0.5) is 0 Å². The minimum absolute atomic E-state index is 0. The maximum absolute atomic E-state index is 6.68. The summed E-state index contributed by atoms with van der Waals surface area (Å²) in [7, 11) is 0. The topological polar surface area (TPSA) is 44.9 Å². The maximum Gasteiger partial charge on any atom is 2.00 e. The summed E-state index contributed by atoms with van der Waals surface area (Å²) in [6, 6.07) is 35.0. The molecule has 0 amide bonds. The predicted molar refractivity (Wildman–Crippen MR) is 206 cm³/mol. The molecule has 3 aromatic heterocycles. The van der Waals surface area contributed by atoms with Gasteiger partial charge < -0.3 is 9.30 Å². The van der Waals surface area contributed by atoms with Gasteiger partial charge in [-0.25, -0.2) is 4.98 Å². The number of ether oxygens (including phenoxy) is 1. The molecule has 0 aliphatic rings. The van der Waals surface area contributed by atoms with Gasteiger partial charge >= 0.3 is 20.4 Å². The molecule has 7 aromatic rings. The van der Waals surface area contributed by atoms with Crippen LogP contribution >= 0.6 is 0 Å². The summed E-state index contributed by atoms with van der Waals surface area (Å²) < 4.78 is 11.0. The summed E-state index contributed by atoms with van der Waals surface area (Å²) in [6.07, 6.45) is 7.12. The zero-order valence-corrected chi connectivity index (χ0v) is 32.3. The zero-order valence-electron chi connectivity index (χ0n) is 30.7. The maximum atomic E-state index is 6.68. The Bertz CT molecular complexity index is 2310. The van der Waals surface area contributed by atoms with Crippen molar-refractivity contribution in [3.05, 3.63) is 131 Å². The van der Waals surface area contributed by atoms with Gasteiger partial charge in [0, 0.05) is 34.5 Å². The Kier molecular flexibility index (Phi) is 11.0.